The van der Waals surface area contributed by atoms with E-state index in [2.05, 4.69) is 10.3 Å². The minimum absolute atomic E-state index is 0.0446. The van der Waals surface area contributed by atoms with Crippen molar-refractivity contribution in [2.45, 2.75) is 13.8 Å². The topological polar surface area (TPSA) is 62.0 Å². The molecule has 0 radical (unpaired) electrons. The van der Waals surface area contributed by atoms with Crippen molar-refractivity contribution in [3.05, 3.63) is 33.2 Å². The van der Waals surface area contributed by atoms with E-state index in [1.165, 1.54) is 12.3 Å². The Morgan fingerprint density at radius 1 is 1.60 bits per heavy atom. The van der Waals surface area contributed by atoms with Gasteiger partial charge in [-0.3, -0.25) is 9.59 Å². The molecule has 0 atom stereocenters. The molecule has 1 aromatic heterocycles. The van der Waals surface area contributed by atoms with Gasteiger partial charge in [-0.15, -0.1) is 0 Å². The van der Waals surface area contributed by atoms with E-state index in [0.717, 1.165) is 0 Å². The number of carbonyl (C=O) groups excluding carboxylic acids is 1. The van der Waals surface area contributed by atoms with Gasteiger partial charge in [-0.2, -0.15) is 0 Å². The Morgan fingerprint density at radius 2 is 2.27 bits per heavy atom. The SMILES string of the molecule is CC(C)CNC(=O)c1cc(Cl)c[nH]c1=O. The van der Waals surface area contributed by atoms with Crippen LogP contribution in [0.15, 0.2) is 17.1 Å². The van der Waals surface area contributed by atoms with Gasteiger partial charge < -0.3 is 10.3 Å². The lowest BCUT2D eigenvalue weighted by molar-refractivity contribution is 0.0947. The summed E-state index contributed by atoms with van der Waals surface area (Å²) < 4.78 is 0. The van der Waals surface area contributed by atoms with E-state index >= 15 is 0 Å². The fourth-order valence-corrected chi connectivity index (χ4v) is 1.18. The molecular formula is C10H13ClN2O2. The average molecular weight is 229 g/mol. The number of halogens is 1. The van der Waals surface area contributed by atoms with Gasteiger partial charge in [-0.05, 0) is 12.0 Å². The number of aromatic amines is 1. The van der Waals surface area contributed by atoms with Gasteiger partial charge >= 0.3 is 0 Å². The van der Waals surface area contributed by atoms with Crippen LogP contribution in [0, 0.1) is 5.92 Å². The smallest absolute Gasteiger partial charge is 0.260 e. The fourth-order valence-electron chi connectivity index (χ4n) is 1.02. The second-order valence-electron chi connectivity index (χ2n) is 3.66. The summed E-state index contributed by atoms with van der Waals surface area (Å²) >= 11 is 5.67. The molecule has 0 unspecified atom stereocenters. The van der Waals surface area contributed by atoms with Gasteiger partial charge in [0.25, 0.3) is 11.5 Å². The van der Waals surface area contributed by atoms with Crippen LogP contribution in [0.5, 0.6) is 0 Å². The minimum Gasteiger partial charge on any atom is -0.352 e. The van der Waals surface area contributed by atoms with Crippen LogP contribution in [0.2, 0.25) is 5.02 Å². The van der Waals surface area contributed by atoms with Crippen molar-refractivity contribution in [2.24, 2.45) is 5.92 Å². The molecule has 82 valence electrons. The Hall–Kier alpha value is -1.29. The third-order valence-electron chi connectivity index (χ3n) is 1.78. The lowest BCUT2D eigenvalue weighted by Gasteiger charge is -2.06. The summed E-state index contributed by atoms with van der Waals surface area (Å²) in [6.07, 6.45) is 1.35. The van der Waals surface area contributed by atoms with E-state index in [-0.39, 0.29) is 5.56 Å². The number of aromatic nitrogens is 1. The molecule has 0 saturated carbocycles. The van der Waals surface area contributed by atoms with Crippen LogP contribution in [0.1, 0.15) is 24.2 Å². The first kappa shape index (κ1) is 11.8. The van der Waals surface area contributed by atoms with Crippen molar-refractivity contribution < 1.29 is 4.79 Å². The molecule has 0 aliphatic carbocycles. The number of H-pyrrole nitrogens is 1. The van der Waals surface area contributed by atoms with E-state index in [0.29, 0.717) is 17.5 Å². The molecule has 15 heavy (non-hydrogen) atoms. The summed E-state index contributed by atoms with van der Waals surface area (Å²) in [7, 11) is 0. The Bertz CT molecular complexity index is 412. The molecule has 0 fully saturated rings. The second kappa shape index (κ2) is 4.98. The number of hydrogen-bond acceptors (Lipinski definition) is 2. The fraction of sp³-hybridized carbons (Fsp3) is 0.400. The Labute approximate surface area is 92.7 Å². The molecule has 1 aromatic rings. The van der Waals surface area contributed by atoms with Crippen molar-refractivity contribution in [1.82, 2.24) is 10.3 Å². The molecular weight excluding hydrogens is 216 g/mol. The van der Waals surface area contributed by atoms with Crippen LogP contribution in [0.25, 0.3) is 0 Å². The van der Waals surface area contributed by atoms with Gasteiger partial charge in [-0.25, -0.2) is 0 Å². The van der Waals surface area contributed by atoms with E-state index in [1.54, 1.807) is 0 Å². The van der Waals surface area contributed by atoms with Crippen LogP contribution in [0.4, 0.5) is 0 Å². The van der Waals surface area contributed by atoms with Gasteiger partial charge in [0, 0.05) is 12.7 Å². The van der Waals surface area contributed by atoms with Crippen LogP contribution in [0.3, 0.4) is 0 Å². The monoisotopic (exact) mass is 228 g/mol. The summed E-state index contributed by atoms with van der Waals surface area (Å²) in [5.41, 5.74) is -0.385. The van der Waals surface area contributed by atoms with Gasteiger partial charge in [0.1, 0.15) is 5.56 Å². The maximum Gasteiger partial charge on any atom is 0.260 e. The predicted molar refractivity (Wildman–Crippen MR) is 59.2 cm³/mol. The highest BCUT2D eigenvalue weighted by atomic mass is 35.5. The molecule has 0 aromatic carbocycles. The van der Waals surface area contributed by atoms with Crippen molar-refractivity contribution in [1.29, 1.82) is 0 Å². The number of nitrogens with one attached hydrogen (secondary N) is 2. The van der Waals surface area contributed by atoms with Gasteiger partial charge in [0.2, 0.25) is 0 Å². The lowest BCUT2D eigenvalue weighted by Crippen LogP contribution is -2.31. The van der Waals surface area contributed by atoms with E-state index in [1.807, 2.05) is 13.8 Å². The molecule has 5 heteroatoms. The molecule has 0 spiro atoms. The zero-order valence-corrected chi connectivity index (χ0v) is 9.39. The zero-order chi connectivity index (χ0) is 11.4. The predicted octanol–water partition coefficient (Wildman–Crippen LogP) is 1.41. The summed E-state index contributed by atoms with van der Waals surface area (Å²) in [4.78, 5) is 25.2. The minimum atomic E-state index is -0.430. The summed E-state index contributed by atoms with van der Waals surface area (Å²) in [6.45, 7) is 4.48. The van der Waals surface area contributed by atoms with Crippen molar-refractivity contribution in [3.8, 4) is 0 Å². The summed E-state index contributed by atoms with van der Waals surface area (Å²) in [5, 5.41) is 2.99. The molecule has 1 heterocycles. The third kappa shape index (κ3) is 3.40. The number of hydrogen-bond donors (Lipinski definition) is 2. The van der Waals surface area contributed by atoms with Crippen molar-refractivity contribution in [2.75, 3.05) is 6.54 Å². The van der Waals surface area contributed by atoms with E-state index in [4.69, 9.17) is 11.6 Å². The molecule has 4 nitrogen and oxygen atoms in total. The summed E-state index contributed by atoms with van der Waals surface area (Å²) in [6, 6.07) is 1.36. The first-order valence-corrected chi connectivity index (χ1v) is 5.05. The average Bonchev–Trinajstić information content (AvgIpc) is 2.18. The number of carbonyl (C=O) groups is 1. The third-order valence-corrected chi connectivity index (χ3v) is 2.00. The van der Waals surface area contributed by atoms with Crippen molar-refractivity contribution in [3.63, 3.8) is 0 Å². The van der Waals surface area contributed by atoms with E-state index in [9.17, 15) is 9.59 Å². The van der Waals surface area contributed by atoms with Crippen LogP contribution in [-0.4, -0.2) is 17.4 Å². The Morgan fingerprint density at radius 3 is 2.87 bits per heavy atom. The number of amides is 1. The van der Waals surface area contributed by atoms with Crippen LogP contribution < -0.4 is 10.9 Å². The van der Waals surface area contributed by atoms with Crippen molar-refractivity contribution >= 4 is 17.5 Å². The molecule has 1 rings (SSSR count). The Kier molecular flexibility index (Phi) is 3.91. The number of rotatable bonds is 3. The highest BCUT2D eigenvalue weighted by Crippen LogP contribution is 2.05. The molecule has 0 aliphatic rings. The van der Waals surface area contributed by atoms with Gasteiger partial charge in [0.15, 0.2) is 0 Å². The molecule has 0 aliphatic heterocycles. The van der Waals surface area contributed by atoms with Gasteiger partial charge in [-0.1, -0.05) is 25.4 Å². The highest BCUT2D eigenvalue weighted by molar-refractivity contribution is 6.30. The summed E-state index contributed by atoms with van der Waals surface area (Å²) in [5.74, 6) is -0.0559. The zero-order valence-electron chi connectivity index (χ0n) is 8.63. The maximum atomic E-state index is 11.5. The normalized spacial score (nSPS) is 10.4. The van der Waals surface area contributed by atoms with Gasteiger partial charge in [0.05, 0.1) is 5.02 Å². The van der Waals surface area contributed by atoms with E-state index < -0.39 is 11.5 Å². The molecule has 2 N–H and O–H groups in total. The standard InChI is InChI=1S/C10H13ClN2O2/c1-6(2)4-12-9(14)8-3-7(11)5-13-10(8)15/h3,5-6H,4H2,1-2H3,(H,12,14)(H,13,15). The number of pyridine rings is 1. The molecule has 1 amide bonds. The van der Waals surface area contributed by atoms with Crippen LogP contribution >= 0.6 is 11.6 Å². The Balaban J connectivity index is 2.82. The first-order chi connectivity index (χ1) is 7.00. The second-order valence-corrected chi connectivity index (χ2v) is 4.10. The molecule has 0 saturated heterocycles. The quantitative estimate of drug-likeness (QED) is 0.822. The lowest BCUT2D eigenvalue weighted by atomic mass is 10.2. The first-order valence-electron chi connectivity index (χ1n) is 4.67. The largest absolute Gasteiger partial charge is 0.352 e. The highest BCUT2D eigenvalue weighted by Gasteiger charge is 2.10. The maximum absolute atomic E-state index is 11.5. The molecule has 0 bridgehead atoms. The van der Waals surface area contributed by atoms with Crippen LogP contribution in [-0.2, 0) is 0 Å².